The maximum absolute atomic E-state index is 12.7. The molecule has 142 valence electrons. The number of carbonyl (C=O) groups excluding carboxylic acids is 2. The van der Waals surface area contributed by atoms with Crippen molar-refractivity contribution in [2.75, 3.05) is 44.2 Å². The number of rotatable bonds is 4. The molecule has 0 saturated carbocycles. The molecule has 7 nitrogen and oxygen atoms in total. The Kier molecular flexibility index (Phi) is 4.83. The number of likely N-dealkylation sites (tertiary alicyclic amines) is 1. The standard InChI is InChI=1S/C20H25N5O2/c1-2-25-9-8-18(21-25)20(27)24-14-16(15-24)19(26)23-12-10-22(11-13-23)17-6-4-3-5-7-17/h3-9,16H,2,10-15H2,1H3. The Bertz CT molecular complexity index is 805. The van der Waals surface area contributed by atoms with E-state index in [0.29, 0.717) is 18.8 Å². The number of aromatic nitrogens is 2. The van der Waals surface area contributed by atoms with E-state index in [0.717, 1.165) is 32.7 Å². The molecule has 4 rings (SSSR count). The molecule has 0 unspecified atom stereocenters. The quantitative estimate of drug-likeness (QED) is 0.818. The van der Waals surface area contributed by atoms with E-state index in [1.165, 1.54) is 5.69 Å². The van der Waals surface area contributed by atoms with Gasteiger partial charge >= 0.3 is 0 Å². The predicted octanol–water partition coefficient (Wildman–Crippen LogP) is 1.32. The minimum atomic E-state index is -0.0832. The van der Waals surface area contributed by atoms with Crippen molar-refractivity contribution in [3.63, 3.8) is 0 Å². The van der Waals surface area contributed by atoms with Crippen LogP contribution in [0.2, 0.25) is 0 Å². The molecule has 0 bridgehead atoms. The molecule has 0 N–H and O–H groups in total. The summed E-state index contributed by atoms with van der Waals surface area (Å²) in [6, 6.07) is 12.0. The van der Waals surface area contributed by atoms with Gasteiger partial charge in [0.15, 0.2) is 0 Å². The van der Waals surface area contributed by atoms with Crippen LogP contribution in [0.1, 0.15) is 17.4 Å². The Morgan fingerprint density at radius 2 is 1.70 bits per heavy atom. The maximum atomic E-state index is 12.7. The molecule has 27 heavy (non-hydrogen) atoms. The first-order chi connectivity index (χ1) is 13.2. The molecule has 0 radical (unpaired) electrons. The van der Waals surface area contributed by atoms with Gasteiger partial charge in [0.2, 0.25) is 5.91 Å². The summed E-state index contributed by atoms with van der Waals surface area (Å²) < 4.78 is 1.74. The van der Waals surface area contributed by atoms with Crippen molar-refractivity contribution in [1.82, 2.24) is 19.6 Å². The number of hydrogen-bond donors (Lipinski definition) is 0. The van der Waals surface area contributed by atoms with Crippen LogP contribution < -0.4 is 4.90 Å². The van der Waals surface area contributed by atoms with E-state index in [2.05, 4.69) is 22.1 Å². The molecule has 2 saturated heterocycles. The van der Waals surface area contributed by atoms with Gasteiger partial charge in [0.05, 0.1) is 5.92 Å². The number of para-hydroxylation sites is 1. The molecular formula is C20H25N5O2. The van der Waals surface area contributed by atoms with Crippen LogP contribution in [0.5, 0.6) is 0 Å². The summed E-state index contributed by atoms with van der Waals surface area (Å²) in [5, 5.41) is 4.25. The van der Waals surface area contributed by atoms with Crippen LogP contribution >= 0.6 is 0 Å². The second-order valence-corrected chi connectivity index (χ2v) is 7.11. The average Bonchev–Trinajstić information content (AvgIpc) is 3.17. The Hall–Kier alpha value is -2.83. The van der Waals surface area contributed by atoms with Gasteiger partial charge < -0.3 is 14.7 Å². The molecule has 2 amide bonds. The molecule has 0 spiro atoms. The maximum Gasteiger partial charge on any atom is 0.274 e. The summed E-state index contributed by atoms with van der Waals surface area (Å²) in [7, 11) is 0. The second kappa shape index (κ2) is 7.42. The van der Waals surface area contributed by atoms with Crippen molar-refractivity contribution in [3.05, 3.63) is 48.3 Å². The van der Waals surface area contributed by atoms with Gasteiger partial charge in [0.25, 0.3) is 5.91 Å². The van der Waals surface area contributed by atoms with E-state index in [4.69, 9.17) is 0 Å². The minimum absolute atomic E-state index is 0.0783. The lowest BCUT2D eigenvalue weighted by molar-refractivity contribution is -0.140. The zero-order valence-electron chi connectivity index (χ0n) is 15.6. The number of benzene rings is 1. The summed E-state index contributed by atoms with van der Waals surface area (Å²) in [4.78, 5) is 31.1. The molecule has 2 aliphatic heterocycles. The van der Waals surface area contributed by atoms with Crippen LogP contribution in [0, 0.1) is 5.92 Å². The summed E-state index contributed by atoms with van der Waals surface area (Å²) in [6.45, 7) is 6.88. The van der Waals surface area contributed by atoms with E-state index >= 15 is 0 Å². The largest absolute Gasteiger partial charge is 0.368 e. The zero-order chi connectivity index (χ0) is 18.8. The van der Waals surface area contributed by atoms with Crippen LogP contribution in [0.25, 0.3) is 0 Å². The number of amides is 2. The van der Waals surface area contributed by atoms with Crippen LogP contribution in [0.3, 0.4) is 0 Å². The molecule has 2 fully saturated rings. The molecule has 1 aromatic heterocycles. The lowest BCUT2D eigenvalue weighted by Gasteiger charge is -2.43. The third kappa shape index (κ3) is 3.54. The monoisotopic (exact) mass is 367 g/mol. The molecule has 0 atom stereocenters. The van der Waals surface area contributed by atoms with Crippen LogP contribution in [0.4, 0.5) is 5.69 Å². The molecule has 2 aliphatic rings. The van der Waals surface area contributed by atoms with Gasteiger partial charge in [-0.15, -0.1) is 0 Å². The van der Waals surface area contributed by atoms with E-state index in [9.17, 15) is 9.59 Å². The molecule has 7 heteroatoms. The Labute approximate surface area is 159 Å². The van der Waals surface area contributed by atoms with Gasteiger partial charge in [-0.2, -0.15) is 5.10 Å². The van der Waals surface area contributed by atoms with Crippen molar-refractivity contribution in [1.29, 1.82) is 0 Å². The molecule has 3 heterocycles. The fourth-order valence-corrected chi connectivity index (χ4v) is 3.70. The van der Waals surface area contributed by atoms with Gasteiger partial charge in [0, 0.05) is 57.7 Å². The van der Waals surface area contributed by atoms with Crippen LogP contribution in [-0.4, -0.2) is 70.7 Å². The van der Waals surface area contributed by atoms with Crippen molar-refractivity contribution in [3.8, 4) is 0 Å². The smallest absolute Gasteiger partial charge is 0.274 e. The molecule has 0 aliphatic carbocycles. The van der Waals surface area contributed by atoms with Crippen LogP contribution in [0.15, 0.2) is 42.6 Å². The van der Waals surface area contributed by atoms with Crippen molar-refractivity contribution >= 4 is 17.5 Å². The zero-order valence-corrected chi connectivity index (χ0v) is 15.6. The number of nitrogens with zero attached hydrogens (tertiary/aromatic N) is 5. The highest BCUT2D eigenvalue weighted by molar-refractivity contribution is 5.94. The SMILES string of the molecule is CCn1ccc(C(=O)N2CC(C(=O)N3CCN(c4ccccc4)CC3)C2)n1. The van der Waals surface area contributed by atoms with E-state index in [-0.39, 0.29) is 17.7 Å². The first-order valence-electron chi connectivity index (χ1n) is 9.57. The lowest BCUT2D eigenvalue weighted by atomic mass is 9.97. The predicted molar refractivity (Wildman–Crippen MR) is 103 cm³/mol. The molecular weight excluding hydrogens is 342 g/mol. The number of aryl methyl sites for hydroxylation is 1. The van der Waals surface area contributed by atoms with Gasteiger partial charge in [-0.1, -0.05) is 18.2 Å². The summed E-state index contributed by atoms with van der Waals surface area (Å²) in [5.41, 5.74) is 1.66. The van der Waals surface area contributed by atoms with Crippen molar-refractivity contribution in [2.45, 2.75) is 13.5 Å². The number of hydrogen-bond acceptors (Lipinski definition) is 4. The number of anilines is 1. The van der Waals surface area contributed by atoms with Gasteiger partial charge in [0.1, 0.15) is 5.69 Å². The highest BCUT2D eigenvalue weighted by atomic mass is 16.2. The van der Waals surface area contributed by atoms with Gasteiger partial charge in [-0.05, 0) is 25.1 Å². The third-order valence-electron chi connectivity index (χ3n) is 5.41. The van der Waals surface area contributed by atoms with E-state index in [1.807, 2.05) is 36.2 Å². The Morgan fingerprint density at radius 3 is 2.33 bits per heavy atom. The van der Waals surface area contributed by atoms with Crippen molar-refractivity contribution in [2.24, 2.45) is 5.92 Å². The van der Waals surface area contributed by atoms with Crippen molar-refractivity contribution < 1.29 is 9.59 Å². The number of piperazine rings is 1. The van der Waals surface area contributed by atoms with Gasteiger partial charge in [-0.25, -0.2) is 0 Å². The third-order valence-corrected chi connectivity index (χ3v) is 5.41. The first kappa shape index (κ1) is 17.6. The fourth-order valence-electron chi connectivity index (χ4n) is 3.70. The van der Waals surface area contributed by atoms with E-state index < -0.39 is 0 Å². The summed E-state index contributed by atoms with van der Waals surface area (Å²) in [5.74, 6) is 0.0106. The first-order valence-corrected chi connectivity index (χ1v) is 9.57. The minimum Gasteiger partial charge on any atom is -0.368 e. The Morgan fingerprint density at radius 1 is 1.00 bits per heavy atom. The second-order valence-electron chi connectivity index (χ2n) is 7.11. The normalized spacial score (nSPS) is 17.7. The average molecular weight is 367 g/mol. The highest BCUT2D eigenvalue weighted by Crippen LogP contribution is 2.22. The Balaban J connectivity index is 1.26. The van der Waals surface area contributed by atoms with Gasteiger partial charge in [-0.3, -0.25) is 14.3 Å². The lowest BCUT2D eigenvalue weighted by Crippen LogP contribution is -2.59. The topological polar surface area (TPSA) is 61.7 Å². The molecule has 1 aromatic carbocycles. The van der Waals surface area contributed by atoms with Crippen LogP contribution in [-0.2, 0) is 11.3 Å². The summed E-state index contributed by atoms with van der Waals surface area (Å²) in [6.07, 6.45) is 1.81. The molecule has 2 aromatic rings. The highest BCUT2D eigenvalue weighted by Gasteiger charge is 2.39. The van der Waals surface area contributed by atoms with E-state index in [1.54, 1.807) is 15.6 Å². The fraction of sp³-hybridized carbons (Fsp3) is 0.450. The number of carbonyl (C=O) groups is 2. The summed E-state index contributed by atoms with van der Waals surface area (Å²) >= 11 is 0.